The van der Waals surface area contributed by atoms with Crippen LogP contribution in [0.3, 0.4) is 0 Å². The van der Waals surface area contributed by atoms with Crippen molar-refractivity contribution in [3.63, 3.8) is 0 Å². The van der Waals surface area contributed by atoms with E-state index in [4.69, 9.17) is 5.11 Å². The van der Waals surface area contributed by atoms with Gasteiger partial charge in [0.1, 0.15) is 5.78 Å². The molecule has 1 aromatic rings. The molecule has 3 N–H and O–H groups in total. The van der Waals surface area contributed by atoms with Crippen molar-refractivity contribution in [2.75, 3.05) is 0 Å². The van der Waals surface area contributed by atoms with Crippen LogP contribution in [0.5, 0.6) is 0 Å². The molecule has 5 heteroatoms. The number of unbranched alkanes of at least 4 members (excludes halogenated alkanes) is 3. The van der Waals surface area contributed by atoms with Gasteiger partial charge >= 0.3 is 5.97 Å². The van der Waals surface area contributed by atoms with Gasteiger partial charge < -0.3 is 15.3 Å². The van der Waals surface area contributed by atoms with E-state index in [9.17, 15) is 19.8 Å². The van der Waals surface area contributed by atoms with Crippen LogP contribution in [0.4, 0.5) is 0 Å². The summed E-state index contributed by atoms with van der Waals surface area (Å²) in [6.45, 7) is 0. The predicted molar refractivity (Wildman–Crippen MR) is 108 cm³/mol. The molecule has 28 heavy (non-hydrogen) atoms. The molecule has 154 valence electrons. The number of hydrogen-bond donors (Lipinski definition) is 3. The van der Waals surface area contributed by atoms with Gasteiger partial charge in [-0.25, -0.2) is 0 Å². The molecule has 0 radical (unpaired) electrons. The summed E-state index contributed by atoms with van der Waals surface area (Å²) in [4.78, 5) is 22.7. The number of ketones is 1. The van der Waals surface area contributed by atoms with Gasteiger partial charge in [-0.05, 0) is 31.2 Å². The third kappa shape index (κ3) is 7.56. The van der Waals surface area contributed by atoms with Crippen LogP contribution in [-0.4, -0.2) is 39.3 Å². The summed E-state index contributed by atoms with van der Waals surface area (Å²) < 4.78 is 0. The maximum absolute atomic E-state index is 12.2. The van der Waals surface area contributed by atoms with Crippen molar-refractivity contribution in [2.45, 2.75) is 70.0 Å². The molecule has 4 atom stereocenters. The highest BCUT2D eigenvalue weighted by Gasteiger charge is 2.39. The number of Topliss-reactive ketones (excluding diaryl/α,β-unsaturated/α-hetero) is 1. The Morgan fingerprint density at radius 1 is 1.14 bits per heavy atom. The second-order valence-electron chi connectivity index (χ2n) is 7.74. The van der Waals surface area contributed by atoms with Crippen molar-refractivity contribution in [1.82, 2.24) is 0 Å². The average Bonchev–Trinajstić information content (AvgIpc) is 2.94. The maximum atomic E-state index is 12.2. The number of rotatable bonds is 12. The zero-order chi connectivity index (χ0) is 20.4. The number of carbonyl (C=O) groups excluding carboxylic acids is 1. The normalized spacial score (nSPS) is 23.4. The van der Waals surface area contributed by atoms with Crippen molar-refractivity contribution in [1.29, 1.82) is 0 Å². The first-order chi connectivity index (χ1) is 13.5. The van der Waals surface area contributed by atoms with Crippen LogP contribution in [0.1, 0.15) is 56.9 Å². The zero-order valence-electron chi connectivity index (χ0n) is 16.4. The monoisotopic (exact) mass is 388 g/mol. The Labute approximate surface area is 167 Å². The molecule has 0 aromatic heterocycles. The molecule has 5 nitrogen and oxygen atoms in total. The first kappa shape index (κ1) is 22.3. The van der Waals surface area contributed by atoms with E-state index in [1.807, 2.05) is 36.4 Å². The lowest BCUT2D eigenvalue weighted by Crippen LogP contribution is -2.19. The number of benzene rings is 1. The van der Waals surface area contributed by atoms with E-state index >= 15 is 0 Å². The van der Waals surface area contributed by atoms with Crippen LogP contribution in [0.25, 0.3) is 0 Å². The largest absolute Gasteiger partial charge is 0.481 e. The Hall–Kier alpha value is -1.98. The van der Waals surface area contributed by atoms with E-state index in [0.717, 1.165) is 25.7 Å². The highest BCUT2D eigenvalue weighted by molar-refractivity contribution is 5.84. The van der Waals surface area contributed by atoms with Crippen LogP contribution in [0, 0.1) is 11.8 Å². The van der Waals surface area contributed by atoms with Gasteiger partial charge in [-0.1, -0.05) is 61.7 Å². The molecule has 0 heterocycles. The minimum absolute atomic E-state index is 0.0893. The molecule has 1 aliphatic carbocycles. The first-order valence-corrected chi connectivity index (χ1v) is 10.3. The third-order valence-electron chi connectivity index (χ3n) is 5.52. The summed E-state index contributed by atoms with van der Waals surface area (Å²) in [6, 6.07) is 9.98. The van der Waals surface area contributed by atoms with Gasteiger partial charge in [0.15, 0.2) is 0 Å². The van der Waals surface area contributed by atoms with Crippen molar-refractivity contribution in [3.05, 3.63) is 48.0 Å². The Bertz CT molecular complexity index is 640. The highest BCUT2D eigenvalue weighted by atomic mass is 16.4. The number of aryl methyl sites for hydroxylation is 1. The number of carboxylic acids is 1. The molecule has 0 spiro atoms. The quantitative estimate of drug-likeness (QED) is 0.376. The molecule has 4 unspecified atom stereocenters. The summed E-state index contributed by atoms with van der Waals surface area (Å²) >= 11 is 0. The number of aliphatic carboxylic acids is 1. The van der Waals surface area contributed by atoms with Crippen LogP contribution < -0.4 is 0 Å². The standard InChI is InChI=1S/C23H32O5/c24-18(13-12-17-8-4-3-5-9-17)14-15-20-19(21(25)16-22(20)26)10-6-1-2-7-11-23(27)28/h3-5,8-9,14-15,18-20,22,24,26H,1-2,6-7,10-13,16H2,(H,27,28). The number of aliphatic hydroxyl groups is 2. The molecule has 1 aliphatic rings. The average molecular weight is 389 g/mol. The third-order valence-corrected chi connectivity index (χ3v) is 5.52. The van der Waals surface area contributed by atoms with Gasteiger partial charge in [0.05, 0.1) is 12.2 Å². The van der Waals surface area contributed by atoms with E-state index in [1.54, 1.807) is 6.08 Å². The summed E-state index contributed by atoms with van der Waals surface area (Å²) in [5.41, 5.74) is 1.17. The minimum atomic E-state index is -0.773. The van der Waals surface area contributed by atoms with E-state index in [1.165, 1.54) is 5.56 Å². The fraction of sp³-hybridized carbons (Fsp3) is 0.565. The van der Waals surface area contributed by atoms with E-state index in [2.05, 4.69) is 0 Å². The molecule has 0 bridgehead atoms. The van der Waals surface area contributed by atoms with Crippen molar-refractivity contribution in [3.8, 4) is 0 Å². The summed E-state index contributed by atoms with van der Waals surface area (Å²) in [6.07, 6.45) is 7.96. The molecule has 0 aliphatic heterocycles. The predicted octanol–water partition coefficient (Wildman–Crippen LogP) is 3.53. The molecule has 0 saturated heterocycles. The Morgan fingerprint density at radius 2 is 1.86 bits per heavy atom. The Morgan fingerprint density at radius 3 is 2.57 bits per heavy atom. The second-order valence-corrected chi connectivity index (χ2v) is 7.74. The summed E-state index contributed by atoms with van der Waals surface area (Å²) in [7, 11) is 0. The highest BCUT2D eigenvalue weighted by Crippen LogP contribution is 2.34. The number of carbonyl (C=O) groups is 2. The minimum Gasteiger partial charge on any atom is -0.481 e. The first-order valence-electron chi connectivity index (χ1n) is 10.3. The van der Waals surface area contributed by atoms with Gasteiger partial charge in [-0.3, -0.25) is 9.59 Å². The lowest BCUT2D eigenvalue weighted by atomic mass is 9.88. The molecule has 1 fully saturated rings. The van der Waals surface area contributed by atoms with Gasteiger partial charge in [-0.2, -0.15) is 0 Å². The number of aliphatic hydroxyl groups excluding tert-OH is 2. The molecule has 2 rings (SSSR count). The van der Waals surface area contributed by atoms with Gasteiger partial charge in [0.2, 0.25) is 0 Å². The summed E-state index contributed by atoms with van der Waals surface area (Å²) in [5.74, 6) is -1.12. The molecule has 1 saturated carbocycles. The van der Waals surface area contributed by atoms with Crippen molar-refractivity contribution < 1.29 is 24.9 Å². The van der Waals surface area contributed by atoms with Crippen LogP contribution >= 0.6 is 0 Å². The fourth-order valence-electron chi connectivity index (χ4n) is 3.90. The number of hydrogen-bond acceptors (Lipinski definition) is 4. The zero-order valence-corrected chi connectivity index (χ0v) is 16.4. The maximum Gasteiger partial charge on any atom is 0.303 e. The molecule has 1 aromatic carbocycles. The van der Waals surface area contributed by atoms with E-state index in [-0.39, 0.29) is 30.5 Å². The van der Waals surface area contributed by atoms with E-state index in [0.29, 0.717) is 19.3 Å². The van der Waals surface area contributed by atoms with Gasteiger partial charge in [0.25, 0.3) is 0 Å². The van der Waals surface area contributed by atoms with Crippen molar-refractivity contribution >= 4 is 11.8 Å². The Balaban J connectivity index is 1.77. The van der Waals surface area contributed by atoms with Crippen LogP contribution in [0.2, 0.25) is 0 Å². The van der Waals surface area contributed by atoms with Crippen molar-refractivity contribution in [2.24, 2.45) is 11.8 Å². The van der Waals surface area contributed by atoms with Gasteiger partial charge in [-0.15, -0.1) is 0 Å². The van der Waals surface area contributed by atoms with Crippen LogP contribution in [0.15, 0.2) is 42.5 Å². The lowest BCUT2D eigenvalue weighted by molar-refractivity contribution is -0.137. The van der Waals surface area contributed by atoms with E-state index < -0.39 is 18.2 Å². The lowest BCUT2D eigenvalue weighted by Gasteiger charge is -2.18. The Kier molecular flexibility index (Phi) is 9.38. The smallest absolute Gasteiger partial charge is 0.303 e. The van der Waals surface area contributed by atoms with Gasteiger partial charge in [0, 0.05) is 24.7 Å². The number of carboxylic acid groups (broad SMARTS) is 1. The topological polar surface area (TPSA) is 94.8 Å². The molecular formula is C23H32O5. The molecule has 0 amide bonds. The van der Waals surface area contributed by atoms with Crippen LogP contribution in [-0.2, 0) is 16.0 Å². The molecular weight excluding hydrogens is 356 g/mol. The fourth-order valence-corrected chi connectivity index (χ4v) is 3.90. The SMILES string of the molecule is O=C(O)CCCCCCC1C(=O)CC(O)C1C=CC(O)CCc1ccccc1. The second kappa shape index (κ2) is 11.8. The summed E-state index contributed by atoms with van der Waals surface area (Å²) in [5, 5.41) is 29.1.